The number of hydrogen-bond acceptors (Lipinski definition) is 4. The Morgan fingerprint density at radius 2 is 1.85 bits per heavy atom. The zero-order valence-corrected chi connectivity index (χ0v) is 13.0. The molecule has 0 spiro atoms. The van der Waals surface area contributed by atoms with Crippen molar-refractivity contribution in [3.63, 3.8) is 0 Å². The van der Waals surface area contributed by atoms with Crippen molar-refractivity contribution in [3.8, 4) is 0 Å². The van der Waals surface area contributed by atoms with E-state index in [1.807, 2.05) is 0 Å². The van der Waals surface area contributed by atoms with Gasteiger partial charge in [0.1, 0.15) is 0 Å². The third kappa shape index (κ3) is 3.00. The molecule has 0 unspecified atom stereocenters. The van der Waals surface area contributed by atoms with Gasteiger partial charge in [-0.25, -0.2) is 8.42 Å². The standard InChI is InChI=1S/C13H19NO5S/c1-8-6-9(2)13(20(17,18)14(4)19-5)10(3)11(8)7-12(15)16/h6H,7H2,1-5H3,(H,15,16). The highest BCUT2D eigenvalue weighted by atomic mass is 32.2. The second-order valence-electron chi connectivity index (χ2n) is 4.61. The van der Waals surface area contributed by atoms with Crippen molar-refractivity contribution in [3.05, 3.63) is 28.3 Å². The van der Waals surface area contributed by atoms with Crippen LogP contribution in [0.2, 0.25) is 0 Å². The fourth-order valence-electron chi connectivity index (χ4n) is 2.25. The van der Waals surface area contributed by atoms with Gasteiger partial charge in [0.25, 0.3) is 10.0 Å². The Kier molecular flexibility index (Phi) is 4.90. The largest absolute Gasteiger partial charge is 0.481 e. The van der Waals surface area contributed by atoms with E-state index in [1.165, 1.54) is 14.2 Å². The molecule has 1 N–H and O–H groups in total. The maximum Gasteiger partial charge on any atom is 0.307 e. The normalized spacial score (nSPS) is 11.9. The maximum absolute atomic E-state index is 12.4. The number of hydrogen-bond donors (Lipinski definition) is 1. The number of rotatable bonds is 5. The van der Waals surface area contributed by atoms with Crippen molar-refractivity contribution >= 4 is 16.0 Å². The van der Waals surface area contributed by atoms with Crippen LogP contribution >= 0.6 is 0 Å². The Labute approximate surface area is 119 Å². The summed E-state index contributed by atoms with van der Waals surface area (Å²) in [6, 6.07) is 1.68. The van der Waals surface area contributed by atoms with Crippen LogP contribution in [0.15, 0.2) is 11.0 Å². The molecule has 0 bridgehead atoms. The second-order valence-corrected chi connectivity index (χ2v) is 6.48. The summed E-state index contributed by atoms with van der Waals surface area (Å²) in [6.07, 6.45) is -0.211. The quantitative estimate of drug-likeness (QED) is 0.832. The Morgan fingerprint density at radius 3 is 2.30 bits per heavy atom. The Balaban J connectivity index is 3.60. The predicted octanol–water partition coefficient (Wildman–Crippen LogP) is 1.42. The molecule has 0 saturated heterocycles. The molecule has 0 saturated carbocycles. The number of nitrogens with zero attached hydrogens (tertiary/aromatic N) is 1. The van der Waals surface area contributed by atoms with Crippen LogP contribution in [0.1, 0.15) is 22.3 Å². The summed E-state index contributed by atoms with van der Waals surface area (Å²) in [7, 11) is -1.25. The summed E-state index contributed by atoms with van der Waals surface area (Å²) in [6.45, 7) is 5.07. The number of sulfonamides is 1. The Morgan fingerprint density at radius 1 is 1.30 bits per heavy atom. The molecule has 1 aromatic carbocycles. The van der Waals surface area contributed by atoms with E-state index in [9.17, 15) is 13.2 Å². The molecule has 0 aromatic heterocycles. The summed E-state index contributed by atoms with van der Waals surface area (Å²) in [5.41, 5.74) is 2.31. The van der Waals surface area contributed by atoms with Gasteiger partial charge < -0.3 is 5.11 Å². The minimum Gasteiger partial charge on any atom is -0.481 e. The van der Waals surface area contributed by atoms with Gasteiger partial charge in [-0.3, -0.25) is 9.63 Å². The lowest BCUT2D eigenvalue weighted by Crippen LogP contribution is -2.27. The fourth-order valence-corrected chi connectivity index (χ4v) is 3.68. The summed E-state index contributed by atoms with van der Waals surface area (Å²) in [5.74, 6) is -0.997. The maximum atomic E-state index is 12.4. The van der Waals surface area contributed by atoms with E-state index in [0.717, 1.165) is 10.0 Å². The molecule has 6 nitrogen and oxygen atoms in total. The van der Waals surface area contributed by atoms with E-state index < -0.39 is 16.0 Å². The van der Waals surface area contributed by atoms with Gasteiger partial charge in [0, 0.05) is 7.05 Å². The molecule has 0 aliphatic rings. The van der Waals surface area contributed by atoms with Crippen molar-refractivity contribution in [2.24, 2.45) is 0 Å². The molecule has 0 aliphatic heterocycles. The van der Waals surface area contributed by atoms with Crippen LogP contribution in [-0.2, 0) is 26.1 Å². The highest BCUT2D eigenvalue weighted by molar-refractivity contribution is 7.89. The molecule has 1 rings (SSSR count). The monoisotopic (exact) mass is 301 g/mol. The van der Waals surface area contributed by atoms with Gasteiger partial charge in [-0.15, -0.1) is 0 Å². The van der Waals surface area contributed by atoms with Gasteiger partial charge in [0.15, 0.2) is 0 Å². The predicted molar refractivity (Wildman–Crippen MR) is 74.0 cm³/mol. The van der Waals surface area contributed by atoms with E-state index in [4.69, 9.17) is 9.94 Å². The minimum atomic E-state index is -3.81. The summed E-state index contributed by atoms with van der Waals surface area (Å²) in [4.78, 5) is 15.8. The molecule has 0 amide bonds. The summed E-state index contributed by atoms with van der Waals surface area (Å²) >= 11 is 0. The second kappa shape index (κ2) is 5.90. The van der Waals surface area contributed by atoms with Crippen LogP contribution in [0.5, 0.6) is 0 Å². The lowest BCUT2D eigenvalue weighted by atomic mass is 9.97. The minimum absolute atomic E-state index is 0.101. The van der Waals surface area contributed by atoms with Gasteiger partial charge in [0.2, 0.25) is 0 Å². The number of aliphatic carboxylic acids is 1. The number of carboxylic acid groups (broad SMARTS) is 1. The molecule has 112 valence electrons. The number of hydroxylamine groups is 1. The smallest absolute Gasteiger partial charge is 0.307 e. The topological polar surface area (TPSA) is 83.9 Å². The third-order valence-corrected chi connectivity index (χ3v) is 5.21. The molecule has 20 heavy (non-hydrogen) atoms. The van der Waals surface area contributed by atoms with Crippen LogP contribution in [0.25, 0.3) is 0 Å². The van der Waals surface area contributed by atoms with Crippen molar-refractivity contribution < 1.29 is 23.2 Å². The molecule has 1 aromatic rings. The van der Waals surface area contributed by atoms with Crippen LogP contribution in [0, 0.1) is 20.8 Å². The van der Waals surface area contributed by atoms with Gasteiger partial charge in [0.05, 0.1) is 18.4 Å². The van der Waals surface area contributed by atoms with Crippen LogP contribution in [-0.4, -0.2) is 38.1 Å². The first kappa shape index (κ1) is 16.6. The fraction of sp³-hybridized carbons (Fsp3) is 0.462. The van der Waals surface area contributed by atoms with Crippen LogP contribution in [0.3, 0.4) is 0 Å². The van der Waals surface area contributed by atoms with E-state index in [2.05, 4.69) is 0 Å². The molecule has 0 radical (unpaired) electrons. The molecule has 0 fully saturated rings. The molecule has 0 heterocycles. The van der Waals surface area contributed by atoms with Gasteiger partial charge in [-0.05, 0) is 43.0 Å². The highest BCUT2D eigenvalue weighted by Gasteiger charge is 2.27. The summed E-state index contributed by atoms with van der Waals surface area (Å²) < 4.78 is 25.6. The summed E-state index contributed by atoms with van der Waals surface area (Å²) in [5, 5.41) is 8.95. The number of aryl methyl sites for hydroxylation is 2. The average Bonchev–Trinajstić information content (AvgIpc) is 2.32. The SMILES string of the molecule is CON(C)S(=O)(=O)c1c(C)cc(C)c(CC(=O)O)c1C. The van der Waals surface area contributed by atoms with Gasteiger partial charge >= 0.3 is 5.97 Å². The third-order valence-electron chi connectivity index (χ3n) is 3.24. The van der Waals surface area contributed by atoms with Gasteiger partial charge in [-0.2, -0.15) is 0 Å². The van der Waals surface area contributed by atoms with Crippen molar-refractivity contribution in [2.45, 2.75) is 32.1 Å². The van der Waals surface area contributed by atoms with Crippen LogP contribution < -0.4 is 0 Å². The first-order valence-electron chi connectivity index (χ1n) is 5.97. The molecule has 0 atom stereocenters. The first-order valence-corrected chi connectivity index (χ1v) is 7.41. The van der Waals surface area contributed by atoms with Crippen molar-refractivity contribution in [1.82, 2.24) is 4.47 Å². The van der Waals surface area contributed by atoms with E-state index in [-0.39, 0.29) is 11.3 Å². The number of carboxylic acids is 1. The Hall–Kier alpha value is -1.44. The zero-order valence-electron chi connectivity index (χ0n) is 12.2. The number of benzene rings is 1. The zero-order chi connectivity index (χ0) is 15.7. The van der Waals surface area contributed by atoms with Crippen molar-refractivity contribution in [2.75, 3.05) is 14.2 Å². The molecular weight excluding hydrogens is 282 g/mol. The number of carbonyl (C=O) groups is 1. The lowest BCUT2D eigenvalue weighted by Gasteiger charge is -2.20. The molecule has 7 heteroatoms. The molecule has 0 aliphatic carbocycles. The lowest BCUT2D eigenvalue weighted by molar-refractivity contribution is -0.136. The van der Waals surface area contributed by atoms with E-state index >= 15 is 0 Å². The first-order chi connectivity index (χ1) is 9.12. The van der Waals surface area contributed by atoms with Gasteiger partial charge in [-0.1, -0.05) is 10.5 Å². The van der Waals surface area contributed by atoms with E-state index in [1.54, 1.807) is 26.8 Å². The molecular formula is C13H19NO5S. The van der Waals surface area contributed by atoms with E-state index in [0.29, 0.717) is 16.7 Å². The Bertz CT molecular complexity index is 637. The highest BCUT2D eigenvalue weighted by Crippen LogP contribution is 2.28. The van der Waals surface area contributed by atoms with Crippen LogP contribution in [0.4, 0.5) is 0 Å². The van der Waals surface area contributed by atoms with Crippen molar-refractivity contribution in [1.29, 1.82) is 0 Å². The average molecular weight is 301 g/mol.